The average molecular weight is 162 g/mol. The lowest BCUT2D eigenvalue weighted by molar-refractivity contribution is -0.104. The molecule has 0 atom stereocenters. The zero-order chi connectivity index (χ0) is 9.40. The van der Waals surface area contributed by atoms with E-state index in [4.69, 9.17) is 0 Å². The van der Waals surface area contributed by atoms with E-state index in [1.165, 1.54) is 0 Å². The van der Waals surface area contributed by atoms with Gasteiger partial charge in [0, 0.05) is 0 Å². The summed E-state index contributed by atoms with van der Waals surface area (Å²) in [5, 5.41) is 0. The standard InChI is InChI=1S/C11H14O/c1-4-5-6-7-10(2)8-11(3)9-12/h4-9H,1H2,2-3H3/b6-5+,10-7+,11-8+. The van der Waals surface area contributed by atoms with E-state index in [-0.39, 0.29) is 0 Å². The van der Waals surface area contributed by atoms with Crippen molar-refractivity contribution in [1.82, 2.24) is 0 Å². The van der Waals surface area contributed by atoms with Gasteiger partial charge in [-0.1, -0.05) is 42.5 Å². The van der Waals surface area contributed by atoms with Crippen molar-refractivity contribution in [2.24, 2.45) is 0 Å². The average Bonchev–Trinajstić information content (AvgIpc) is 2.05. The lowest BCUT2D eigenvalue weighted by atomic mass is 10.2. The van der Waals surface area contributed by atoms with Crippen molar-refractivity contribution < 1.29 is 4.79 Å². The van der Waals surface area contributed by atoms with Crippen molar-refractivity contribution in [3.63, 3.8) is 0 Å². The summed E-state index contributed by atoms with van der Waals surface area (Å²) in [7, 11) is 0. The van der Waals surface area contributed by atoms with Crippen LogP contribution in [0.2, 0.25) is 0 Å². The maximum atomic E-state index is 10.2. The van der Waals surface area contributed by atoms with Crippen LogP contribution >= 0.6 is 0 Å². The summed E-state index contributed by atoms with van der Waals surface area (Å²) in [6, 6.07) is 0. The van der Waals surface area contributed by atoms with Crippen LogP contribution in [-0.4, -0.2) is 6.29 Å². The first-order chi connectivity index (χ1) is 5.70. The fourth-order valence-corrected chi connectivity index (χ4v) is 0.727. The second kappa shape index (κ2) is 6.35. The highest BCUT2D eigenvalue weighted by molar-refractivity contribution is 5.73. The van der Waals surface area contributed by atoms with Gasteiger partial charge in [-0.15, -0.1) is 0 Å². The molecule has 0 aliphatic carbocycles. The SMILES string of the molecule is C=C/C=C/C=C(C)/C=C(\C)C=O. The molecule has 0 aliphatic rings. The number of aldehydes is 1. The van der Waals surface area contributed by atoms with Gasteiger partial charge in [-0.05, 0) is 19.4 Å². The van der Waals surface area contributed by atoms with E-state index in [9.17, 15) is 4.79 Å². The van der Waals surface area contributed by atoms with Gasteiger partial charge in [0.1, 0.15) is 6.29 Å². The first kappa shape index (κ1) is 10.6. The van der Waals surface area contributed by atoms with Crippen LogP contribution < -0.4 is 0 Å². The Bertz CT molecular complexity index is 242. The van der Waals surface area contributed by atoms with Crippen LogP contribution in [-0.2, 0) is 4.79 Å². The minimum Gasteiger partial charge on any atom is -0.298 e. The normalized spacial score (nSPS) is 13.5. The summed E-state index contributed by atoms with van der Waals surface area (Å²) in [6.45, 7) is 7.27. The molecule has 64 valence electrons. The molecule has 0 unspecified atom stereocenters. The van der Waals surface area contributed by atoms with Crippen LogP contribution in [0.5, 0.6) is 0 Å². The summed E-state index contributed by atoms with van der Waals surface area (Å²) in [5.41, 5.74) is 1.79. The molecule has 0 fully saturated rings. The number of hydrogen-bond donors (Lipinski definition) is 0. The van der Waals surface area contributed by atoms with Crippen molar-refractivity contribution in [2.45, 2.75) is 13.8 Å². The van der Waals surface area contributed by atoms with E-state index < -0.39 is 0 Å². The Kier molecular flexibility index (Phi) is 5.62. The molecule has 0 bridgehead atoms. The van der Waals surface area contributed by atoms with Gasteiger partial charge in [-0.2, -0.15) is 0 Å². The molecule has 0 aromatic heterocycles. The Hall–Kier alpha value is -1.37. The monoisotopic (exact) mass is 162 g/mol. The van der Waals surface area contributed by atoms with Crippen LogP contribution in [0.25, 0.3) is 0 Å². The Morgan fingerprint density at radius 2 is 1.83 bits per heavy atom. The van der Waals surface area contributed by atoms with Crippen LogP contribution in [0.15, 0.2) is 48.1 Å². The van der Waals surface area contributed by atoms with Gasteiger partial charge in [0.25, 0.3) is 0 Å². The topological polar surface area (TPSA) is 17.1 Å². The van der Waals surface area contributed by atoms with E-state index in [0.717, 1.165) is 17.4 Å². The van der Waals surface area contributed by atoms with Gasteiger partial charge < -0.3 is 0 Å². The molecule has 1 nitrogen and oxygen atoms in total. The highest BCUT2D eigenvalue weighted by Crippen LogP contribution is 1.99. The van der Waals surface area contributed by atoms with E-state index in [1.807, 2.05) is 31.2 Å². The summed E-state index contributed by atoms with van der Waals surface area (Å²) in [5.74, 6) is 0. The van der Waals surface area contributed by atoms with Crippen LogP contribution in [0, 0.1) is 0 Å². The molecule has 0 rings (SSSR count). The third-order valence-electron chi connectivity index (χ3n) is 1.25. The Morgan fingerprint density at radius 3 is 2.33 bits per heavy atom. The molecular weight excluding hydrogens is 148 g/mol. The maximum absolute atomic E-state index is 10.2. The number of rotatable bonds is 4. The van der Waals surface area contributed by atoms with E-state index in [1.54, 1.807) is 13.0 Å². The molecule has 0 saturated carbocycles. The molecule has 0 N–H and O–H groups in total. The smallest absolute Gasteiger partial charge is 0.145 e. The van der Waals surface area contributed by atoms with Crippen molar-refractivity contribution in [1.29, 1.82) is 0 Å². The van der Waals surface area contributed by atoms with Crippen LogP contribution in [0.4, 0.5) is 0 Å². The summed E-state index contributed by atoms with van der Waals surface area (Å²) in [4.78, 5) is 10.2. The van der Waals surface area contributed by atoms with Gasteiger partial charge in [-0.3, -0.25) is 4.79 Å². The van der Waals surface area contributed by atoms with Crippen molar-refractivity contribution >= 4 is 6.29 Å². The molecule has 0 aromatic carbocycles. The fraction of sp³-hybridized carbons (Fsp3) is 0.182. The summed E-state index contributed by atoms with van der Waals surface area (Å²) >= 11 is 0. The van der Waals surface area contributed by atoms with E-state index in [0.29, 0.717) is 0 Å². The largest absolute Gasteiger partial charge is 0.298 e. The highest BCUT2D eigenvalue weighted by atomic mass is 16.1. The predicted octanol–water partition coefficient (Wildman–Crippen LogP) is 2.82. The third-order valence-corrected chi connectivity index (χ3v) is 1.25. The van der Waals surface area contributed by atoms with Gasteiger partial charge in [-0.25, -0.2) is 0 Å². The van der Waals surface area contributed by atoms with Gasteiger partial charge in [0.2, 0.25) is 0 Å². The predicted molar refractivity (Wildman–Crippen MR) is 52.9 cm³/mol. The second-order valence-corrected chi connectivity index (χ2v) is 2.54. The Labute approximate surface area is 73.8 Å². The molecule has 0 aromatic rings. The van der Waals surface area contributed by atoms with Gasteiger partial charge in [0.05, 0.1) is 0 Å². The van der Waals surface area contributed by atoms with Crippen LogP contribution in [0.3, 0.4) is 0 Å². The third kappa shape index (κ3) is 5.42. The minimum absolute atomic E-state index is 0.732. The van der Waals surface area contributed by atoms with E-state index >= 15 is 0 Å². The first-order valence-corrected chi connectivity index (χ1v) is 3.80. The van der Waals surface area contributed by atoms with Gasteiger partial charge in [0.15, 0.2) is 0 Å². The Balaban J connectivity index is 4.28. The number of hydrogen-bond acceptors (Lipinski definition) is 1. The molecular formula is C11H14O. The van der Waals surface area contributed by atoms with Crippen molar-refractivity contribution in [3.8, 4) is 0 Å². The zero-order valence-electron chi connectivity index (χ0n) is 7.58. The summed E-state index contributed by atoms with van der Waals surface area (Å²) < 4.78 is 0. The molecule has 12 heavy (non-hydrogen) atoms. The Morgan fingerprint density at radius 1 is 1.17 bits per heavy atom. The van der Waals surface area contributed by atoms with Crippen molar-refractivity contribution in [3.05, 3.63) is 48.1 Å². The number of carbonyl (C=O) groups excluding carboxylic acids is 1. The summed E-state index contributed by atoms with van der Waals surface area (Å²) in [6.07, 6.45) is 10.0. The minimum atomic E-state index is 0.732. The molecule has 0 heterocycles. The number of allylic oxidation sites excluding steroid dienone is 7. The van der Waals surface area contributed by atoms with Gasteiger partial charge >= 0.3 is 0 Å². The van der Waals surface area contributed by atoms with Crippen molar-refractivity contribution in [2.75, 3.05) is 0 Å². The fourth-order valence-electron chi connectivity index (χ4n) is 0.727. The van der Waals surface area contributed by atoms with Crippen LogP contribution in [0.1, 0.15) is 13.8 Å². The van der Waals surface area contributed by atoms with E-state index in [2.05, 4.69) is 6.58 Å². The molecule has 1 heteroatoms. The molecule has 0 radical (unpaired) electrons. The number of carbonyl (C=O) groups is 1. The lowest BCUT2D eigenvalue weighted by Gasteiger charge is -1.89. The molecule has 0 spiro atoms. The zero-order valence-corrected chi connectivity index (χ0v) is 7.58. The molecule has 0 saturated heterocycles. The highest BCUT2D eigenvalue weighted by Gasteiger charge is 1.83. The quantitative estimate of drug-likeness (QED) is 0.353. The lowest BCUT2D eigenvalue weighted by Crippen LogP contribution is -1.76. The maximum Gasteiger partial charge on any atom is 0.145 e. The molecule has 0 aliphatic heterocycles. The molecule has 0 amide bonds. The first-order valence-electron chi connectivity index (χ1n) is 3.80. The second-order valence-electron chi connectivity index (χ2n) is 2.54.